The van der Waals surface area contributed by atoms with Gasteiger partial charge in [0.05, 0.1) is 6.54 Å². The third kappa shape index (κ3) is 9.08. The van der Waals surface area contributed by atoms with Crippen LogP contribution in [0.1, 0.15) is 42.2 Å². The van der Waals surface area contributed by atoms with Crippen molar-refractivity contribution in [3.05, 3.63) is 57.8 Å². The van der Waals surface area contributed by atoms with E-state index in [0.717, 1.165) is 38.7 Å². The molecule has 1 aliphatic heterocycles. The number of halogens is 1. The van der Waals surface area contributed by atoms with Crippen molar-refractivity contribution in [3.63, 3.8) is 0 Å². The molecular formula is C24H38IN5S. The third-order valence-corrected chi connectivity index (χ3v) is 6.71. The van der Waals surface area contributed by atoms with E-state index in [1.165, 1.54) is 35.5 Å². The van der Waals surface area contributed by atoms with Crippen LogP contribution in [0.15, 0.2) is 46.8 Å². The normalized spacial score (nSPS) is 16.9. The fourth-order valence-electron chi connectivity index (χ4n) is 3.70. The lowest BCUT2D eigenvalue weighted by Gasteiger charge is -2.20. The van der Waals surface area contributed by atoms with Crippen LogP contribution in [0.3, 0.4) is 0 Å². The molecule has 172 valence electrons. The first-order valence-electron chi connectivity index (χ1n) is 11.2. The van der Waals surface area contributed by atoms with E-state index in [4.69, 9.17) is 4.99 Å². The molecule has 1 atom stereocenters. The second-order valence-corrected chi connectivity index (χ2v) is 9.22. The second-order valence-electron chi connectivity index (χ2n) is 8.24. The summed E-state index contributed by atoms with van der Waals surface area (Å²) in [5.74, 6) is 1.37. The lowest BCUT2D eigenvalue weighted by molar-refractivity contribution is 0.269. The van der Waals surface area contributed by atoms with Gasteiger partial charge in [-0.1, -0.05) is 37.3 Å². The molecule has 0 saturated carbocycles. The summed E-state index contributed by atoms with van der Waals surface area (Å²) in [6.45, 7) is 12.6. The fraction of sp³-hybridized carbons (Fsp3) is 0.542. The monoisotopic (exact) mass is 555 g/mol. The minimum Gasteiger partial charge on any atom is -0.357 e. The van der Waals surface area contributed by atoms with Crippen LogP contribution in [-0.2, 0) is 13.1 Å². The molecule has 7 heteroatoms. The third-order valence-electron chi connectivity index (χ3n) is 5.61. The first-order valence-corrected chi connectivity index (χ1v) is 12.1. The largest absolute Gasteiger partial charge is 0.357 e. The lowest BCUT2D eigenvalue weighted by atomic mass is 10.1. The molecular weight excluding hydrogens is 517 g/mol. The Morgan fingerprint density at radius 3 is 2.55 bits per heavy atom. The highest BCUT2D eigenvalue weighted by Gasteiger charge is 2.12. The van der Waals surface area contributed by atoms with E-state index in [1.54, 1.807) is 0 Å². The van der Waals surface area contributed by atoms with Crippen molar-refractivity contribution in [3.8, 4) is 0 Å². The molecule has 1 saturated heterocycles. The Hall–Kier alpha value is -1.16. The Labute approximate surface area is 209 Å². The molecule has 5 nitrogen and oxygen atoms in total. The molecule has 1 unspecified atom stereocenters. The number of thiophene rings is 1. The van der Waals surface area contributed by atoms with Gasteiger partial charge in [-0.3, -0.25) is 4.90 Å². The molecule has 1 aliphatic rings. The maximum atomic E-state index is 4.78. The predicted molar refractivity (Wildman–Crippen MR) is 145 cm³/mol. The first-order chi connectivity index (χ1) is 14.6. The van der Waals surface area contributed by atoms with Crippen molar-refractivity contribution < 1.29 is 0 Å². The van der Waals surface area contributed by atoms with Crippen molar-refractivity contribution in [2.45, 2.75) is 39.3 Å². The predicted octanol–water partition coefficient (Wildman–Crippen LogP) is 4.36. The molecule has 0 bridgehead atoms. The van der Waals surface area contributed by atoms with Crippen molar-refractivity contribution in [1.82, 2.24) is 20.4 Å². The van der Waals surface area contributed by atoms with Crippen LogP contribution in [0.5, 0.6) is 0 Å². The van der Waals surface area contributed by atoms with Gasteiger partial charge in [0.1, 0.15) is 0 Å². The van der Waals surface area contributed by atoms with Gasteiger partial charge >= 0.3 is 0 Å². The molecule has 3 rings (SSSR count). The summed E-state index contributed by atoms with van der Waals surface area (Å²) in [5.41, 5.74) is 2.64. The van der Waals surface area contributed by atoms with Gasteiger partial charge < -0.3 is 15.5 Å². The van der Waals surface area contributed by atoms with Crippen molar-refractivity contribution in [1.29, 1.82) is 0 Å². The van der Waals surface area contributed by atoms with E-state index in [9.17, 15) is 0 Å². The molecule has 2 heterocycles. The van der Waals surface area contributed by atoms with E-state index < -0.39 is 0 Å². The number of hydrogen-bond donors (Lipinski definition) is 2. The van der Waals surface area contributed by atoms with Crippen LogP contribution in [0, 0.1) is 0 Å². The topological polar surface area (TPSA) is 42.9 Å². The van der Waals surface area contributed by atoms with E-state index >= 15 is 0 Å². The van der Waals surface area contributed by atoms with Crippen LogP contribution in [0.2, 0.25) is 0 Å². The highest BCUT2D eigenvalue weighted by atomic mass is 127. The smallest absolute Gasteiger partial charge is 0.191 e. The van der Waals surface area contributed by atoms with E-state index in [0.29, 0.717) is 12.5 Å². The van der Waals surface area contributed by atoms with Gasteiger partial charge in [0.25, 0.3) is 0 Å². The Morgan fingerprint density at radius 1 is 1.06 bits per heavy atom. The van der Waals surface area contributed by atoms with Crippen molar-refractivity contribution in [2.24, 2.45) is 4.99 Å². The molecule has 2 N–H and O–H groups in total. The van der Waals surface area contributed by atoms with Crippen LogP contribution in [0.4, 0.5) is 0 Å². The minimum atomic E-state index is 0. The number of likely N-dealkylation sites (N-methyl/N-ethyl adjacent to an activating group) is 1. The van der Waals surface area contributed by atoms with Gasteiger partial charge in [-0.25, -0.2) is 4.99 Å². The fourth-order valence-corrected chi connectivity index (χ4v) is 4.49. The summed E-state index contributed by atoms with van der Waals surface area (Å²) in [4.78, 5) is 11.2. The van der Waals surface area contributed by atoms with E-state index in [2.05, 4.69) is 83.1 Å². The van der Waals surface area contributed by atoms with Crippen molar-refractivity contribution in [2.75, 3.05) is 46.3 Å². The zero-order chi connectivity index (χ0) is 21.2. The molecule has 2 aromatic rings. The van der Waals surface area contributed by atoms with Gasteiger partial charge in [0, 0.05) is 43.5 Å². The Balaban J connectivity index is 0.00000341. The van der Waals surface area contributed by atoms with Gasteiger partial charge in [-0.15, -0.1) is 35.3 Å². The quantitative estimate of drug-likeness (QED) is 0.289. The molecule has 0 amide bonds. The van der Waals surface area contributed by atoms with Gasteiger partial charge in [0.15, 0.2) is 5.96 Å². The summed E-state index contributed by atoms with van der Waals surface area (Å²) in [7, 11) is 2.22. The molecule has 0 spiro atoms. The van der Waals surface area contributed by atoms with Crippen molar-refractivity contribution >= 4 is 41.3 Å². The van der Waals surface area contributed by atoms with E-state index in [-0.39, 0.29) is 24.0 Å². The zero-order valence-electron chi connectivity index (χ0n) is 19.1. The van der Waals surface area contributed by atoms with Gasteiger partial charge in [-0.05, 0) is 56.1 Å². The number of benzene rings is 1. The number of nitrogens with one attached hydrogen (secondary N) is 2. The minimum absolute atomic E-state index is 0. The zero-order valence-corrected chi connectivity index (χ0v) is 22.3. The number of guanidine groups is 1. The van der Waals surface area contributed by atoms with Crippen LogP contribution < -0.4 is 10.6 Å². The van der Waals surface area contributed by atoms with E-state index in [1.807, 2.05) is 11.3 Å². The Bertz CT molecular complexity index is 763. The Kier molecular flexibility index (Phi) is 11.9. The summed E-state index contributed by atoms with van der Waals surface area (Å²) in [6.07, 6.45) is 1.26. The van der Waals surface area contributed by atoms with Gasteiger partial charge in [0.2, 0.25) is 0 Å². The summed E-state index contributed by atoms with van der Waals surface area (Å²) in [6, 6.07) is 13.3. The summed E-state index contributed by atoms with van der Waals surface area (Å²) in [5, 5.41) is 8.99. The summed E-state index contributed by atoms with van der Waals surface area (Å²) >= 11 is 1.82. The first kappa shape index (κ1) is 26.1. The van der Waals surface area contributed by atoms with Crippen LogP contribution >= 0.6 is 35.3 Å². The SMILES string of the molecule is CCNC(=NCc1ccc(CN2CCCN(C)CC2)cc1)NCC(C)c1cccs1.I. The maximum absolute atomic E-state index is 4.78. The average Bonchev–Trinajstić information content (AvgIpc) is 3.22. The van der Waals surface area contributed by atoms with Gasteiger partial charge in [-0.2, -0.15) is 0 Å². The number of hydrogen-bond acceptors (Lipinski definition) is 4. The second kappa shape index (κ2) is 14.1. The number of aliphatic imine (C=N–C) groups is 1. The number of rotatable bonds is 8. The molecule has 0 radical (unpaired) electrons. The highest BCUT2D eigenvalue weighted by molar-refractivity contribution is 14.0. The number of nitrogens with zero attached hydrogens (tertiary/aromatic N) is 3. The maximum Gasteiger partial charge on any atom is 0.191 e. The lowest BCUT2D eigenvalue weighted by Crippen LogP contribution is -2.39. The highest BCUT2D eigenvalue weighted by Crippen LogP contribution is 2.19. The molecule has 31 heavy (non-hydrogen) atoms. The molecule has 1 aromatic carbocycles. The summed E-state index contributed by atoms with van der Waals surface area (Å²) < 4.78 is 0. The molecule has 0 aliphatic carbocycles. The van der Waals surface area contributed by atoms with Crippen LogP contribution in [0.25, 0.3) is 0 Å². The molecule has 1 fully saturated rings. The average molecular weight is 556 g/mol. The van der Waals surface area contributed by atoms with Crippen LogP contribution in [-0.4, -0.2) is 62.1 Å². The standard InChI is InChI=1S/C24H37N5S.HI/c1-4-25-24(26-17-20(2)23-7-5-16-30-23)27-18-21-8-10-22(11-9-21)19-29-13-6-12-28(3)14-15-29;/h5,7-11,16,20H,4,6,12-15,17-19H2,1-3H3,(H2,25,26,27);1H. The Morgan fingerprint density at radius 2 is 1.84 bits per heavy atom. The molecule has 1 aromatic heterocycles.